The van der Waals surface area contributed by atoms with Crippen LogP contribution in [0, 0.1) is 18.3 Å². The standard InChI is InChI=1S/C17H22N4O/c1-13-11-20-21(12-13)15(3)14(2)19-8-9-22-17-7-5-4-6-16(17)10-18/h4-7,11-12,14-15,19H,8-9H2,1-3H3/t14-,15-/m1/s1. The monoisotopic (exact) mass is 298 g/mol. The van der Waals surface area contributed by atoms with E-state index in [9.17, 15) is 0 Å². The third kappa shape index (κ3) is 4.09. The highest BCUT2D eigenvalue weighted by Crippen LogP contribution is 2.16. The van der Waals surface area contributed by atoms with Gasteiger partial charge in [0.15, 0.2) is 0 Å². The molecule has 1 aromatic carbocycles. The molecular formula is C17H22N4O. The van der Waals surface area contributed by atoms with Gasteiger partial charge in [-0.2, -0.15) is 10.4 Å². The van der Waals surface area contributed by atoms with Gasteiger partial charge in [-0.15, -0.1) is 0 Å². The van der Waals surface area contributed by atoms with Crippen molar-refractivity contribution >= 4 is 0 Å². The SMILES string of the molecule is Cc1cnn([C@H](C)[C@@H](C)NCCOc2ccccc2C#N)c1. The quantitative estimate of drug-likeness (QED) is 0.798. The average Bonchev–Trinajstić information content (AvgIpc) is 2.97. The van der Waals surface area contributed by atoms with Crippen LogP contribution in [-0.2, 0) is 0 Å². The maximum Gasteiger partial charge on any atom is 0.137 e. The smallest absolute Gasteiger partial charge is 0.137 e. The Labute approximate surface area is 131 Å². The van der Waals surface area contributed by atoms with Gasteiger partial charge < -0.3 is 10.1 Å². The van der Waals surface area contributed by atoms with Gasteiger partial charge in [0.05, 0.1) is 17.8 Å². The van der Waals surface area contributed by atoms with Gasteiger partial charge in [0.2, 0.25) is 0 Å². The molecule has 0 spiro atoms. The van der Waals surface area contributed by atoms with Crippen molar-refractivity contribution in [2.24, 2.45) is 0 Å². The summed E-state index contributed by atoms with van der Waals surface area (Å²) in [5, 5.41) is 16.8. The lowest BCUT2D eigenvalue weighted by atomic mass is 10.2. The summed E-state index contributed by atoms with van der Waals surface area (Å²) in [6, 6.07) is 9.94. The highest BCUT2D eigenvalue weighted by Gasteiger charge is 2.14. The van der Waals surface area contributed by atoms with E-state index < -0.39 is 0 Å². The van der Waals surface area contributed by atoms with Crippen LogP contribution >= 0.6 is 0 Å². The summed E-state index contributed by atoms with van der Waals surface area (Å²) < 4.78 is 7.63. The first-order chi connectivity index (χ1) is 10.6. The molecule has 5 nitrogen and oxygen atoms in total. The third-order valence-corrected chi connectivity index (χ3v) is 3.70. The van der Waals surface area contributed by atoms with Crippen molar-refractivity contribution in [2.45, 2.75) is 32.9 Å². The zero-order valence-electron chi connectivity index (χ0n) is 13.3. The molecule has 1 aromatic heterocycles. The molecular weight excluding hydrogens is 276 g/mol. The largest absolute Gasteiger partial charge is 0.491 e. The Morgan fingerprint density at radius 3 is 2.82 bits per heavy atom. The van der Waals surface area contributed by atoms with Crippen molar-refractivity contribution in [3.8, 4) is 11.8 Å². The first kappa shape index (κ1) is 16.1. The van der Waals surface area contributed by atoms with E-state index >= 15 is 0 Å². The highest BCUT2D eigenvalue weighted by atomic mass is 16.5. The number of nitrogens with one attached hydrogen (secondary N) is 1. The molecule has 2 atom stereocenters. The van der Waals surface area contributed by atoms with Gasteiger partial charge in [0.1, 0.15) is 18.4 Å². The molecule has 1 N–H and O–H groups in total. The Bertz CT molecular complexity index is 644. The molecule has 0 amide bonds. The summed E-state index contributed by atoms with van der Waals surface area (Å²) in [7, 11) is 0. The zero-order valence-corrected chi connectivity index (χ0v) is 13.3. The van der Waals surface area contributed by atoms with Gasteiger partial charge >= 0.3 is 0 Å². The minimum absolute atomic E-state index is 0.264. The molecule has 0 radical (unpaired) electrons. The molecule has 2 aromatic rings. The Kier molecular flexibility index (Phi) is 5.56. The number of nitrogens with zero attached hydrogens (tertiary/aromatic N) is 3. The second-order valence-corrected chi connectivity index (χ2v) is 5.44. The van der Waals surface area contributed by atoms with E-state index in [1.165, 1.54) is 0 Å². The Balaban J connectivity index is 1.78. The fraction of sp³-hybridized carbons (Fsp3) is 0.412. The van der Waals surface area contributed by atoms with E-state index in [1.54, 1.807) is 6.07 Å². The maximum atomic E-state index is 9.01. The predicted molar refractivity (Wildman–Crippen MR) is 85.8 cm³/mol. The number of para-hydroxylation sites is 1. The molecule has 5 heteroatoms. The van der Waals surface area contributed by atoms with Crippen LogP contribution in [0.1, 0.15) is 31.0 Å². The van der Waals surface area contributed by atoms with Crippen molar-refractivity contribution < 1.29 is 4.74 Å². The van der Waals surface area contributed by atoms with E-state index in [0.717, 1.165) is 5.56 Å². The Hall–Kier alpha value is -2.32. The van der Waals surface area contributed by atoms with Crippen molar-refractivity contribution in [1.82, 2.24) is 15.1 Å². The number of nitriles is 1. The van der Waals surface area contributed by atoms with Crippen LogP contribution in [0.4, 0.5) is 0 Å². The molecule has 2 rings (SSSR count). The number of hydrogen-bond donors (Lipinski definition) is 1. The highest BCUT2D eigenvalue weighted by molar-refractivity contribution is 5.42. The molecule has 22 heavy (non-hydrogen) atoms. The van der Waals surface area contributed by atoms with Crippen molar-refractivity contribution in [3.63, 3.8) is 0 Å². The second-order valence-electron chi connectivity index (χ2n) is 5.44. The van der Waals surface area contributed by atoms with E-state index in [2.05, 4.69) is 30.3 Å². The first-order valence-corrected chi connectivity index (χ1v) is 7.48. The van der Waals surface area contributed by atoms with Gasteiger partial charge in [0.25, 0.3) is 0 Å². The molecule has 0 unspecified atom stereocenters. The number of aryl methyl sites for hydroxylation is 1. The zero-order chi connectivity index (χ0) is 15.9. The van der Waals surface area contributed by atoms with E-state index in [1.807, 2.05) is 42.2 Å². The predicted octanol–water partition coefficient (Wildman–Crippen LogP) is 2.68. The topological polar surface area (TPSA) is 62.9 Å². The van der Waals surface area contributed by atoms with Crippen LogP contribution in [0.15, 0.2) is 36.7 Å². The Morgan fingerprint density at radius 1 is 1.36 bits per heavy atom. The van der Waals surface area contributed by atoms with Crippen molar-refractivity contribution in [1.29, 1.82) is 5.26 Å². The molecule has 0 bridgehead atoms. The molecule has 0 saturated carbocycles. The minimum atomic E-state index is 0.264. The van der Waals surface area contributed by atoms with Gasteiger partial charge in [-0.05, 0) is 38.5 Å². The van der Waals surface area contributed by atoms with Gasteiger partial charge in [-0.25, -0.2) is 0 Å². The molecule has 0 saturated heterocycles. The van der Waals surface area contributed by atoms with Crippen LogP contribution in [0.3, 0.4) is 0 Å². The minimum Gasteiger partial charge on any atom is -0.491 e. The van der Waals surface area contributed by atoms with Crippen LogP contribution in [-0.4, -0.2) is 29.0 Å². The first-order valence-electron chi connectivity index (χ1n) is 7.48. The van der Waals surface area contributed by atoms with E-state index in [0.29, 0.717) is 24.5 Å². The summed E-state index contributed by atoms with van der Waals surface area (Å²) in [5.74, 6) is 0.634. The van der Waals surface area contributed by atoms with E-state index in [4.69, 9.17) is 10.00 Å². The lowest BCUT2D eigenvalue weighted by Crippen LogP contribution is -2.36. The number of aromatic nitrogens is 2. The summed E-state index contributed by atoms with van der Waals surface area (Å²) >= 11 is 0. The third-order valence-electron chi connectivity index (χ3n) is 3.70. The molecule has 0 aliphatic heterocycles. The normalized spacial score (nSPS) is 13.4. The summed E-state index contributed by atoms with van der Waals surface area (Å²) in [6.07, 6.45) is 3.91. The molecule has 0 aliphatic carbocycles. The number of benzene rings is 1. The Morgan fingerprint density at radius 2 is 2.14 bits per heavy atom. The van der Waals surface area contributed by atoms with Gasteiger partial charge in [0, 0.05) is 18.8 Å². The van der Waals surface area contributed by atoms with Crippen LogP contribution in [0.5, 0.6) is 5.75 Å². The molecule has 1 heterocycles. The summed E-state index contributed by atoms with van der Waals surface area (Å²) in [6.45, 7) is 7.54. The maximum absolute atomic E-state index is 9.01. The van der Waals surface area contributed by atoms with Crippen molar-refractivity contribution in [2.75, 3.05) is 13.2 Å². The van der Waals surface area contributed by atoms with E-state index in [-0.39, 0.29) is 12.1 Å². The average molecular weight is 298 g/mol. The number of ether oxygens (including phenoxy) is 1. The molecule has 116 valence electrons. The fourth-order valence-corrected chi connectivity index (χ4v) is 2.19. The molecule has 0 aliphatic rings. The van der Waals surface area contributed by atoms with Crippen LogP contribution in [0.25, 0.3) is 0 Å². The van der Waals surface area contributed by atoms with Gasteiger partial charge in [-0.1, -0.05) is 12.1 Å². The number of hydrogen-bond acceptors (Lipinski definition) is 4. The van der Waals surface area contributed by atoms with Gasteiger partial charge in [-0.3, -0.25) is 4.68 Å². The summed E-state index contributed by atoms with van der Waals surface area (Å²) in [4.78, 5) is 0. The van der Waals surface area contributed by atoms with Crippen molar-refractivity contribution in [3.05, 3.63) is 47.8 Å². The summed E-state index contributed by atoms with van der Waals surface area (Å²) in [5.41, 5.74) is 1.73. The lowest BCUT2D eigenvalue weighted by Gasteiger charge is -2.22. The fourth-order valence-electron chi connectivity index (χ4n) is 2.19. The van der Waals surface area contributed by atoms with Crippen LogP contribution in [0.2, 0.25) is 0 Å². The number of rotatable bonds is 7. The lowest BCUT2D eigenvalue weighted by molar-refractivity contribution is 0.288. The molecule has 0 fully saturated rings. The van der Waals surface area contributed by atoms with Crippen LogP contribution < -0.4 is 10.1 Å². The second kappa shape index (κ2) is 7.62.